The molecule has 4 heteroatoms. The molecule has 0 radical (unpaired) electrons. The highest BCUT2D eigenvalue weighted by atomic mass is 16.5. The van der Waals surface area contributed by atoms with Gasteiger partial charge in [-0.25, -0.2) is 0 Å². The second-order valence-electron chi connectivity index (χ2n) is 7.90. The summed E-state index contributed by atoms with van der Waals surface area (Å²) in [4.78, 5) is 12.5. The molecule has 4 nitrogen and oxygen atoms in total. The lowest BCUT2D eigenvalue weighted by molar-refractivity contribution is 0.0951. The van der Waals surface area contributed by atoms with Gasteiger partial charge in [0.25, 0.3) is 5.91 Å². The molecule has 0 spiro atoms. The van der Waals surface area contributed by atoms with Crippen molar-refractivity contribution in [3.05, 3.63) is 101 Å². The van der Waals surface area contributed by atoms with Crippen LogP contribution < -0.4 is 10.1 Å². The lowest BCUT2D eigenvalue weighted by Gasteiger charge is -2.07. The number of carbonyl (C=O) groups is 1. The number of fused-ring (bicyclic) bond motifs is 2. The summed E-state index contributed by atoms with van der Waals surface area (Å²) in [5.41, 5.74) is 5.84. The number of benzene rings is 3. The minimum atomic E-state index is -0.0933. The Morgan fingerprint density at radius 1 is 1.00 bits per heavy atom. The van der Waals surface area contributed by atoms with Crippen LogP contribution in [0.2, 0.25) is 0 Å². The molecule has 0 aliphatic carbocycles. The molecule has 1 aliphatic rings. The van der Waals surface area contributed by atoms with Gasteiger partial charge >= 0.3 is 0 Å². The molecule has 1 amide bonds. The molecule has 0 saturated carbocycles. The number of ether oxygens (including phenoxy) is 1. The van der Waals surface area contributed by atoms with Crippen molar-refractivity contribution in [2.24, 2.45) is 0 Å². The van der Waals surface area contributed by atoms with Crippen LogP contribution in [0.3, 0.4) is 0 Å². The zero-order valence-corrected chi connectivity index (χ0v) is 17.4. The Kier molecular flexibility index (Phi) is 5.04. The van der Waals surface area contributed by atoms with Crippen molar-refractivity contribution in [3.63, 3.8) is 0 Å². The predicted octanol–water partition coefficient (Wildman–Crippen LogP) is 5.91. The van der Waals surface area contributed by atoms with Crippen molar-refractivity contribution >= 4 is 16.9 Å². The van der Waals surface area contributed by atoms with Gasteiger partial charge in [-0.3, -0.25) is 4.79 Å². The van der Waals surface area contributed by atoms with Gasteiger partial charge in [0, 0.05) is 29.1 Å². The maximum Gasteiger partial charge on any atom is 0.251 e. The van der Waals surface area contributed by atoms with Gasteiger partial charge in [0.15, 0.2) is 0 Å². The van der Waals surface area contributed by atoms with Crippen LogP contribution in [0, 0.1) is 0 Å². The highest BCUT2D eigenvalue weighted by molar-refractivity contribution is 5.94. The molecule has 1 N–H and O–H groups in total. The summed E-state index contributed by atoms with van der Waals surface area (Å²) in [6.07, 6.45) is 3.07. The second kappa shape index (κ2) is 8.15. The molecule has 0 fully saturated rings. The van der Waals surface area contributed by atoms with Crippen LogP contribution in [0.25, 0.3) is 22.3 Å². The Morgan fingerprint density at radius 3 is 2.61 bits per heavy atom. The van der Waals surface area contributed by atoms with Gasteiger partial charge in [-0.1, -0.05) is 48.5 Å². The Labute approximate surface area is 181 Å². The Balaban J connectivity index is 1.34. The predicted molar refractivity (Wildman–Crippen MR) is 122 cm³/mol. The minimum Gasteiger partial charge on any atom is -0.489 e. The monoisotopic (exact) mass is 409 g/mol. The molecule has 0 bridgehead atoms. The summed E-state index contributed by atoms with van der Waals surface area (Å²) in [5.74, 6) is 1.56. The van der Waals surface area contributed by atoms with Crippen LogP contribution in [0.5, 0.6) is 5.75 Å². The van der Waals surface area contributed by atoms with Crippen molar-refractivity contribution in [1.29, 1.82) is 0 Å². The molecule has 0 unspecified atom stereocenters. The maximum absolute atomic E-state index is 12.5. The van der Waals surface area contributed by atoms with Gasteiger partial charge in [0.05, 0.1) is 0 Å². The minimum absolute atomic E-state index is 0.0933. The molecule has 2 heterocycles. The lowest BCUT2D eigenvalue weighted by Crippen LogP contribution is -2.22. The van der Waals surface area contributed by atoms with Crippen molar-refractivity contribution in [1.82, 2.24) is 5.32 Å². The van der Waals surface area contributed by atoms with Gasteiger partial charge in [-0.2, -0.15) is 0 Å². The fourth-order valence-corrected chi connectivity index (χ4v) is 3.75. The van der Waals surface area contributed by atoms with E-state index >= 15 is 0 Å². The molecule has 154 valence electrons. The van der Waals surface area contributed by atoms with E-state index in [0.717, 1.165) is 40.0 Å². The van der Waals surface area contributed by atoms with E-state index in [1.54, 1.807) is 0 Å². The summed E-state index contributed by atoms with van der Waals surface area (Å²) in [5, 5.41) is 4.01. The van der Waals surface area contributed by atoms with E-state index < -0.39 is 0 Å². The van der Waals surface area contributed by atoms with E-state index in [2.05, 4.69) is 24.4 Å². The summed E-state index contributed by atoms with van der Waals surface area (Å²) < 4.78 is 12.0. The SMILES string of the molecule is CC1=CCc2cc3cc(-c4ccc(C(=O)NCc5ccccc5)cc4)oc3cc2OC1. The van der Waals surface area contributed by atoms with Crippen molar-refractivity contribution < 1.29 is 13.9 Å². The first-order chi connectivity index (χ1) is 15.2. The largest absolute Gasteiger partial charge is 0.489 e. The van der Waals surface area contributed by atoms with Crippen molar-refractivity contribution in [2.45, 2.75) is 19.9 Å². The second-order valence-corrected chi connectivity index (χ2v) is 7.90. The number of hydrogen-bond donors (Lipinski definition) is 1. The van der Waals surface area contributed by atoms with E-state index in [-0.39, 0.29) is 5.91 Å². The van der Waals surface area contributed by atoms with Gasteiger partial charge < -0.3 is 14.5 Å². The number of amides is 1. The smallest absolute Gasteiger partial charge is 0.251 e. The van der Waals surface area contributed by atoms with Crippen molar-refractivity contribution in [2.75, 3.05) is 6.61 Å². The first kappa shape index (κ1) is 19.2. The van der Waals surface area contributed by atoms with Crippen LogP contribution in [-0.2, 0) is 13.0 Å². The Hall–Kier alpha value is -3.79. The average molecular weight is 409 g/mol. The molecule has 3 aromatic carbocycles. The topological polar surface area (TPSA) is 51.5 Å². The lowest BCUT2D eigenvalue weighted by atomic mass is 10.1. The Morgan fingerprint density at radius 2 is 1.81 bits per heavy atom. The van der Waals surface area contributed by atoms with Gasteiger partial charge in [-0.15, -0.1) is 0 Å². The van der Waals surface area contributed by atoms with E-state index in [1.165, 1.54) is 11.1 Å². The number of carbonyl (C=O) groups excluding carboxylic acids is 1. The van der Waals surface area contributed by atoms with E-state index in [4.69, 9.17) is 9.15 Å². The highest BCUT2D eigenvalue weighted by Crippen LogP contribution is 2.34. The van der Waals surface area contributed by atoms with Crippen LogP contribution in [0.4, 0.5) is 0 Å². The number of allylic oxidation sites excluding steroid dienone is 1. The maximum atomic E-state index is 12.5. The van der Waals surface area contributed by atoms with E-state index in [9.17, 15) is 4.79 Å². The van der Waals surface area contributed by atoms with Gasteiger partial charge in [-0.05, 0) is 54.3 Å². The van der Waals surface area contributed by atoms with E-state index in [1.807, 2.05) is 66.7 Å². The standard InChI is InChI=1S/C27H23NO3/c1-18-7-8-22-13-23-14-25(31-26(23)15-24(22)30-17-18)20-9-11-21(12-10-20)27(29)28-16-19-5-3-2-4-6-19/h2-7,9-15H,8,16-17H2,1H3,(H,28,29). The molecule has 0 saturated heterocycles. The third-order valence-electron chi connectivity index (χ3n) is 5.55. The Bertz CT molecular complexity index is 1270. The molecule has 1 aliphatic heterocycles. The number of hydrogen-bond acceptors (Lipinski definition) is 3. The molecular formula is C27H23NO3. The highest BCUT2D eigenvalue weighted by Gasteiger charge is 2.14. The molecule has 1 aromatic heterocycles. The molecule has 0 atom stereocenters. The summed E-state index contributed by atoms with van der Waals surface area (Å²) in [7, 11) is 0. The third-order valence-corrected chi connectivity index (χ3v) is 5.55. The number of nitrogens with one attached hydrogen (secondary N) is 1. The molecule has 4 aromatic rings. The first-order valence-electron chi connectivity index (χ1n) is 10.4. The van der Waals surface area contributed by atoms with Gasteiger partial charge in [0.2, 0.25) is 0 Å². The summed E-state index contributed by atoms with van der Waals surface area (Å²) in [6, 6.07) is 23.5. The van der Waals surface area contributed by atoms with Crippen LogP contribution in [0.1, 0.15) is 28.4 Å². The molecule has 5 rings (SSSR count). The molecule has 31 heavy (non-hydrogen) atoms. The van der Waals surface area contributed by atoms with Crippen LogP contribution in [-0.4, -0.2) is 12.5 Å². The first-order valence-corrected chi connectivity index (χ1v) is 10.4. The van der Waals surface area contributed by atoms with Gasteiger partial charge in [0.1, 0.15) is 23.7 Å². The number of rotatable bonds is 4. The fourth-order valence-electron chi connectivity index (χ4n) is 3.75. The summed E-state index contributed by atoms with van der Waals surface area (Å²) in [6.45, 7) is 3.20. The quantitative estimate of drug-likeness (QED) is 0.426. The van der Waals surface area contributed by atoms with Crippen LogP contribution >= 0.6 is 0 Å². The summed E-state index contributed by atoms with van der Waals surface area (Å²) >= 11 is 0. The van der Waals surface area contributed by atoms with E-state index in [0.29, 0.717) is 18.7 Å². The zero-order chi connectivity index (χ0) is 21.2. The normalized spacial score (nSPS) is 13.1. The fraction of sp³-hybridized carbons (Fsp3) is 0.148. The third kappa shape index (κ3) is 4.10. The van der Waals surface area contributed by atoms with Crippen molar-refractivity contribution in [3.8, 4) is 17.1 Å². The molecular weight excluding hydrogens is 386 g/mol. The number of furan rings is 1. The van der Waals surface area contributed by atoms with Crippen LogP contribution in [0.15, 0.2) is 88.9 Å². The average Bonchev–Trinajstić information content (AvgIpc) is 3.14. The zero-order valence-electron chi connectivity index (χ0n) is 17.4.